The third-order valence-corrected chi connectivity index (χ3v) is 3.98. The van der Waals surface area contributed by atoms with E-state index < -0.39 is 5.97 Å². The van der Waals surface area contributed by atoms with Crippen LogP contribution in [0.3, 0.4) is 0 Å². The maximum Gasteiger partial charge on any atom is 0.331 e. The summed E-state index contributed by atoms with van der Waals surface area (Å²) in [5.41, 5.74) is 2.00. The Morgan fingerprint density at radius 3 is 2.59 bits per heavy atom. The number of nitrogens with one attached hydrogen (secondary N) is 1. The summed E-state index contributed by atoms with van der Waals surface area (Å²) in [6, 6.07) is 5.87. The average molecular weight is 368 g/mol. The highest BCUT2D eigenvalue weighted by Crippen LogP contribution is 2.19. The van der Waals surface area contributed by atoms with Gasteiger partial charge in [-0.2, -0.15) is 0 Å². The molecule has 5 heteroatoms. The molecule has 0 bridgehead atoms. The Bertz CT molecular complexity index is 567. The normalized spacial score (nSPS) is 12.5. The number of aryl methyl sites for hydroxylation is 1. The Kier molecular flexibility index (Phi) is 7.32. The number of hydrogen-bond acceptors (Lipinski definition) is 3. The van der Waals surface area contributed by atoms with E-state index in [-0.39, 0.29) is 18.6 Å². The predicted octanol–water partition coefficient (Wildman–Crippen LogP) is 3.47. The summed E-state index contributed by atoms with van der Waals surface area (Å²) < 4.78 is 5.82. The summed E-state index contributed by atoms with van der Waals surface area (Å²) in [5.74, 6) is -0.502. The summed E-state index contributed by atoms with van der Waals surface area (Å²) in [5, 5.41) is 2.78. The van der Waals surface area contributed by atoms with Gasteiger partial charge in [0, 0.05) is 16.6 Å². The van der Waals surface area contributed by atoms with Gasteiger partial charge in [-0.25, -0.2) is 4.79 Å². The second-order valence-electron chi connectivity index (χ2n) is 5.57. The lowest BCUT2D eigenvalue weighted by molar-refractivity contribution is -0.144. The van der Waals surface area contributed by atoms with Gasteiger partial charge in [0.15, 0.2) is 6.61 Å². The van der Waals surface area contributed by atoms with Crippen LogP contribution in [0.2, 0.25) is 0 Å². The molecule has 0 aliphatic carbocycles. The fourth-order valence-electron chi connectivity index (χ4n) is 1.57. The molecular weight excluding hydrogens is 346 g/mol. The van der Waals surface area contributed by atoms with Gasteiger partial charge in [0.1, 0.15) is 0 Å². The molecule has 0 saturated heterocycles. The van der Waals surface area contributed by atoms with Gasteiger partial charge in [-0.3, -0.25) is 4.79 Å². The third-order valence-electron chi connectivity index (χ3n) is 3.29. The molecule has 0 heterocycles. The smallest absolute Gasteiger partial charge is 0.331 e. The molecule has 1 aromatic rings. The first kappa shape index (κ1) is 18.4. The maximum absolute atomic E-state index is 11.6. The molecule has 0 fully saturated rings. The summed E-state index contributed by atoms with van der Waals surface area (Å²) in [4.78, 5) is 23.2. The quantitative estimate of drug-likeness (QED) is 0.618. The number of carbonyl (C=O) groups excluding carboxylic acids is 2. The average Bonchev–Trinajstić information content (AvgIpc) is 2.44. The van der Waals surface area contributed by atoms with E-state index in [0.717, 1.165) is 15.6 Å². The second-order valence-corrected chi connectivity index (χ2v) is 6.42. The van der Waals surface area contributed by atoms with Crippen molar-refractivity contribution in [3.05, 3.63) is 39.9 Å². The standard InChI is InChI=1S/C17H22BrNO3/c1-11(2)13(4)19-16(20)10-22-17(21)8-7-14-6-5-12(3)9-15(14)18/h5-9,11,13H,10H2,1-4H3,(H,19,20)/b8-7+/t13-/m0/s1. The Hall–Kier alpha value is -1.62. The molecule has 0 aromatic heterocycles. The fourth-order valence-corrected chi connectivity index (χ4v) is 2.20. The van der Waals surface area contributed by atoms with Crippen molar-refractivity contribution in [2.24, 2.45) is 5.92 Å². The van der Waals surface area contributed by atoms with E-state index in [2.05, 4.69) is 21.2 Å². The number of amides is 1. The lowest BCUT2D eigenvalue weighted by Crippen LogP contribution is -2.38. The van der Waals surface area contributed by atoms with Crippen LogP contribution in [0.15, 0.2) is 28.7 Å². The van der Waals surface area contributed by atoms with E-state index in [4.69, 9.17) is 4.74 Å². The van der Waals surface area contributed by atoms with Gasteiger partial charge in [0.25, 0.3) is 5.91 Å². The van der Waals surface area contributed by atoms with E-state index in [0.29, 0.717) is 5.92 Å². The monoisotopic (exact) mass is 367 g/mol. The summed E-state index contributed by atoms with van der Waals surface area (Å²) in [7, 11) is 0. The topological polar surface area (TPSA) is 55.4 Å². The number of benzene rings is 1. The van der Waals surface area contributed by atoms with Crippen molar-refractivity contribution in [3.63, 3.8) is 0 Å². The third kappa shape index (κ3) is 6.43. The van der Waals surface area contributed by atoms with Gasteiger partial charge in [0.2, 0.25) is 0 Å². The number of hydrogen-bond donors (Lipinski definition) is 1. The van der Waals surface area contributed by atoms with E-state index in [1.54, 1.807) is 6.08 Å². The van der Waals surface area contributed by atoms with Crippen LogP contribution >= 0.6 is 15.9 Å². The minimum atomic E-state index is -0.542. The van der Waals surface area contributed by atoms with E-state index in [1.165, 1.54) is 6.08 Å². The highest BCUT2D eigenvalue weighted by Gasteiger charge is 2.11. The van der Waals surface area contributed by atoms with Gasteiger partial charge >= 0.3 is 5.97 Å². The van der Waals surface area contributed by atoms with Crippen molar-refractivity contribution in [2.75, 3.05) is 6.61 Å². The molecule has 1 atom stereocenters. The van der Waals surface area contributed by atoms with Crippen molar-refractivity contribution < 1.29 is 14.3 Å². The second kappa shape index (κ2) is 8.73. The van der Waals surface area contributed by atoms with Crippen LogP contribution in [0.1, 0.15) is 31.9 Å². The van der Waals surface area contributed by atoms with Crippen molar-refractivity contribution in [3.8, 4) is 0 Å². The van der Waals surface area contributed by atoms with Crippen molar-refractivity contribution >= 4 is 33.9 Å². The first-order valence-electron chi connectivity index (χ1n) is 7.20. The van der Waals surface area contributed by atoms with E-state index in [9.17, 15) is 9.59 Å². The zero-order valence-electron chi connectivity index (χ0n) is 13.4. The Morgan fingerprint density at radius 1 is 1.32 bits per heavy atom. The first-order valence-corrected chi connectivity index (χ1v) is 7.99. The highest BCUT2D eigenvalue weighted by atomic mass is 79.9. The molecule has 1 amide bonds. The summed E-state index contributed by atoms with van der Waals surface area (Å²) >= 11 is 3.43. The molecule has 0 aliphatic rings. The molecule has 22 heavy (non-hydrogen) atoms. The maximum atomic E-state index is 11.6. The number of carbonyl (C=O) groups is 2. The molecular formula is C17H22BrNO3. The number of esters is 1. The summed E-state index contributed by atoms with van der Waals surface area (Å²) in [6.45, 7) is 7.66. The molecule has 4 nitrogen and oxygen atoms in total. The lowest BCUT2D eigenvalue weighted by Gasteiger charge is -2.16. The minimum Gasteiger partial charge on any atom is -0.452 e. The molecule has 1 rings (SSSR count). The van der Waals surface area contributed by atoms with Gasteiger partial charge < -0.3 is 10.1 Å². The number of rotatable bonds is 6. The fraction of sp³-hybridized carbons (Fsp3) is 0.412. The van der Waals surface area contributed by atoms with Gasteiger partial charge in [-0.1, -0.05) is 41.9 Å². The molecule has 120 valence electrons. The van der Waals surface area contributed by atoms with Crippen LogP contribution in [0, 0.1) is 12.8 Å². The molecule has 0 aliphatic heterocycles. The predicted molar refractivity (Wildman–Crippen MR) is 91.3 cm³/mol. The minimum absolute atomic E-state index is 0.0465. The van der Waals surface area contributed by atoms with Crippen LogP contribution in [-0.4, -0.2) is 24.5 Å². The molecule has 1 N–H and O–H groups in total. The molecule has 0 radical (unpaired) electrons. The van der Waals surface area contributed by atoms with Crippen LogP contribution < -0.4 is 5.32 Å². The van der Waals surface area contributed by atoms with Crippen molar-refractivity contribution in [1.29, 1.82) is 0 Å². The number of ether oxygens (including phenoxy) is 1. The van der Waals surface area contributed by atoms with Crippen molar-refractivity contribution in [1.82, 2.24) is 5.32 Å². The molecule has 0 spiro atoms. The Balaban J connectivity index is 2.46. The zero-order chi connectivity index (χ0) is 16.7. The molecule has 1 aromatic carbocycles. The van der Waals surface area contributed by atoms with Crippen molar-refractivity contribution in [2.45, 2.75) is 33.7 Å². The van der Waals surface area contributed by atoms with Crippen LogP contribution in [0.4, 0.5) is 0 Å². The van der Waals surface area contributed by atoms with Gasteiger partial charge in [-0.15, -0.1) is 0 Å². The first-order chi connectivity index (χ1) is 10.3. The van der Waals surface area contributed by atoms with Crippen LogP contribution in [0.5, 0.6) is 0 Å². The zero-order valence-corrected chi connectivity index (χ0v) is 14.9. The number of halogens is 1. The van der Waals surface area contributed by atoms with E-state index >= 15 is 0 Å². The van der Waals surface area contributed by atoms with Gasteiger partial charge in [0.05, 0.1) is 0 Å². The Labute approximate surface area is 140 Å². The van der Waals surface area contributed by atoms with E-state index in [1.807, 2.05) is 45.9 Å². The van der Waals surface area contributed by atoms with Crippen LogP contribution in [-0.2, 0) is 14.3 Å². The SMILES string of the molecule is Cc1ccc(/C=C/C(=O)OCC(=O)N[C@@H](C)C(C)C)c(Br)c1. The summed E-state index contributed by atoms with van der Waals surface area (Å²) in [6.07, 6.45) is 2.97. The van der Waals surface area contributed by atoms with Crippen LogP contribution in [0.25, 0.3) is 6.08 Å². The molecule has 0 unspecified atom stereocenters. The van der Waals surface area contributed by atoms with Gasteiger partial charge in [-0.05, 0) is 43.0 Å². The highest BCUT2D eigenvalue weighted by molar-refractivity contribution is 9.10. The molecule has 0 saturated carbocycles. The lowest BCUT2D eigenvalue weighted by atomic mass is 10.1. The largest absolute Gasteiger partial charge is 0.452 e. The Morgan fingerprint density at radius 2 is 2.00 bits per heavy atom.